The number of benzene rings is 2. The van der Waals surface area contributed by atoms with Crippen LogP contribution in [-0.2, 0) is 6.54 Å². The highest BCUT2D eigenvalue weighted by Crippen LogP contribution is 2.34. The molecule has 11 heteroatoms. The van der Waals surface area contributed by atoms with E-state index in [4.69, 9.17) is 17.3 Å². The van der Waals surface area contributed by atoms with E-state index in [1.807, 2.05) is 0 Å². The van der Waals surface area contributed by atoms with E-state index in [1.165, 1.54) is 29.8 Å². The number of amides is 2. The molecule has 0 aliphatic carbocycles. The first-order valence-corrected chi connectivity index (χ1v) is 10.3. The lowest BCUT2D eigenvalue weighted by molar-refractivity contribution is 0.0950. The van der Waals surface area contributed by atoms with Gasteiger partial charge in [0.1, 0.15) is 28.2 Å². The molecular weight excluding hydrogens is 465 g/mol. The Hall–Kier alpha value is -3.50. The van der Waals surface area contributed by atoms with E-state index in [-0.39, 0.29) is 33.9 Å². The molecule has 0 fully saturated rings. The number of nitrogens with two attached hydrogens (primary N) is 1. The third kappa shape index (κ3) is 4.14. The molecule has 0 radical (unpaired) electrons. The van der Waals surface area contributed by atoms with Crippen molar-refractivity contribution < 1.29 is 22.8 Å². The number of rotatable bonds is 5. The molecule has 0 aliphatic rings. The number of carbonyl (C=O) groups is 2. The number of nitrogens with one attached hydrogen (secondary N) is 1. The smallest absolute Gasteiger partial charge is 0.268 e. The van der Waals surface area contributed by atoms with Gasteiger partial charge in [0, 0.05) is 40.0 Å². The minimum Gasteiger partial charge on any atom is -0.364 e. The number of fused-ring (bicyclic) bond motifs is 1. The molecule has 162 valence electrons. The number of halogens is 4. The Kier molecular flexibility index (Phi) is 5.81. The predicted molar refractivity (Wildman–Crippen MR) is 114 cm³/mol. The lowest BCUT2D eigenvalue weighted by Gasteiger charge is -2.11. The highest BCUT2D eigenvalue weighted by atomic mass is 35.5. The third-order valence-electron chi connectivity index (χ3n) is 4.55. The summed E-state index contributed by atoms with van der Waals surface area (Å²) in [7, 11) is 0. The minimum atomic E-state index is -1.14. The minimum absolute atomic E-state index is 0.0384. The monoisotopic (exact) mass is 476 g/mol. The number of aromatic nitrogens is 2. The fourth-order valence-electron chi connectivity index (χ4n) is 3.08. The maximum atomic E-state index is 14.4. The summed E-state index contributed by atoms with van der Waals surface area (Å²) in [5, 5.41) is 5.41. The predicted octanol–water partition coefficient (Wildman–Crippen LogP) is 4.46. The first-order chi connectivity index (χ1) is 15.2. The molecule has 4 aromatic rings. The fraction of sp³-hybridized carbons (Fsp3) is 0.0476. The molecule has 0 saturated heterocycles. The van der Waals surface area contributed by atoms with Crippen molar-refractivity contribution in [1.29, 1.82) is 0 Å². The van der Waals surface area contributed by atoms with Crippen LogP contribution in [0.15, 0.2) is 41.9 Å². The lowest BCUT2D eigenvalue weighted by atomic mass is 10.0. The number of carbonyl (C=O) groups excluding carboxylic acids is 2. The van der Waals surface area contributed by atoms with Crippen molar-refractivity contribution in [2.75, 3.05) is 0 Å². The van der Waals surface area contributed by atoms with Crippen molar-refractivity contribution in [3.8, 4) is 11.3 Å². The molecule has 3 N–H and O–H groups in total. The largest absolute Gasteiger partial charge is 0.364 e. The molecule has 2 aromatic carbocycles. The van der Waals surface area contributed by atoms with E-state index < -0.39 is 34.8 Å². The normalized spacial score (nSPS) is 11.0. The number of primary amides is 1. The molecule has 2 heterocycles. The van der Waals surface area contributed by atoms with Crippen LogP contribution >= 0.6 is 22.9 Å². The van der Waals surface area contributed by atoms with Crippen LogP contribution in [0.1, 0.15) is 25.9 Å². The van der Waals surface area contributed by atoms with Gasteiger partial charge < -0.3 is 11.1 Å². The zero-order valence-electron chi connectivity index (χ0n) is 16.0. The molecule has 0 spiro atoms. The summed E-state index contributed by atoms with van der Waals surface area (Å²) >= 11 is 7.32. The molecule has 2 amide bonds. The van der Waals surface area contributed by atoms with E-state index in [0.29, 0.717) is 22.5 Å². The van der Waals surface area contributed by atoms with Crippen LogP contribution < -0.4 is 11.1 Å². The highest BCUT2D eigenvalue weighted by Gasteiger charge is 2.20. The highest BCUT2D eigenvalue weighted by molar-refractivity contribution is 7.09. The van der Waals surface area contributed by atoms with Crippen molar-refractivity contribution in [3.05, 3.63) is 80.6 Å². The zero-order chi connectivity index (χ0) is 23.0. The topological polar surface area (TPSA) is 98.0 Å². The van der Waals surface area contributed by atoms with E-state index in [0.717, 1.165) is 11.3 Å². The second kappa shape index (κ2) is 8.56. The van der Waals surface area contributed by atoms with E-state index >= 15 is 0 Å². The summed E-state index contributed by atoms with van der Waals surface area (Å²) in [6.45, 7) is 0.0384. The average molecular weight is 477 g/mol. The summed E-state index contributed by atoms with van der Waals surface area (Å²) in [5.74, 6) is -4.52. The maximum Gasteiger partial charge on any atom is 0.268 e. The Morgan fingerprint density at radius 1 is 1.09 bits per heavy atom. The van der Waals surface area contributed by atoms with Crippen molar-refractivity contribution in [3.63, 3.8) is 0 Å². The number of nitrogens with zero attached hydrogens (tertiary/aromatic N) is 2. The lowest BCUT2D eigenvalue weighted by Crippen LogP contribution is -2.23. The molecule has 0 unspecified atom stereocenters. The van der Waals surface area contributed by atoms with E-state index in [2.05, 4.69) is 15.3 Å². The first-order valence-electron chi connectivity index (χ1n) is 9.00. The second-order valence-electron chi connectivity index (χ2n) is 6.63. The van der Waals surface area contributed by atoms with Crippen molar-refractivity contribution in [2.45, 2.75) is 6.54 Å². The second-order valence-corrected chi connectivity index (χ2v) is 7.98. The fourth-order valence-corrected chi connectivity index (χ4v) is 4.02. The molecule has 0 atom stereocenters. The van der Waals surface area contributed by atoms with Gasteiger partial charge in [-0.15, -0.1) is 11.3 Å². The third-order valence-corrected chi connectivity index (χ3v) is 5.70. The van der Waals surface area contributed by atoms with Gasteiger partial charge in [0.15, 0.2) is 0 Å². The van der Waals surface area contributed by atoms with Crippen molar-refractivity contribution in [2.24, 2.45) is 5.73 Å². The number of hydrogen-bond acceptors (Lipinski definition) is 5. The number of thiazole rings is 1. The van der Waals surface area contributed by atoms with E-state index in [1.54, 1.807) is 0 Å². The van der Waals surface area contributed by atoms with Gasteiger partial charge in [-0.25, -0.2) is 18.2 Å². The molecule has 0 saturated carbocycles. The molecule has 0 bridgehead atoms. The average Bonchev–Trinajstić information content (AvgIpc) is 3.22. The maximum absolute atomic E-state index is 14.4. The zero-order valence-corrected chi connectivity index (χ0v) is 17.5. The van der Waals surface area contributed by atoms with Crippen molar-refractivity contribution >= 4 is 45.5 Å². The van der Waals surface area contributed by atoms with Gasteiger partial charge in [-0.05, 0) is 12.1 Å². The molecule has 4 rings (SSSR count). The molecule has 0 aliphatic heterocycles. The summed E-state index contributed by atoms with van der Waals surface area (Å²) < 4.78 is 42.1. The summed E-state index contributed by atoms with van der Waals surface area (Å²) in [6, 6.07) is 5.49. The van der Waals surface area contributed by atoms with Crippen LogP contribution in [0.5, 0.6) is 0 Å². The van der Waals surface area contributed by atoms with Gasteiger partial charge >= 0.3 is 0 Å². The SMILES string of the molecule is NC(=O)c1csc(CNC(=O)c2ccc3c(Cl)cnc(-c4c(F)cc(F)cc4F)c3c2)n1. The van der Waals surface area contributed by atoms with Crippen LogP contribution in [0.2, 0.25) is 5.02 Å². The first kappa shape index (κ1) is 21.7. The number of hydrogen-bond donors (Lipinski definition) is 2. The van der Waals surface area contributed by atoms with Crippen LogP contribution in [0, 0.1) is 17.5 Å². The van der Waals surface area contributed by atoms with Gasteiger partial charge in [-0.1, -0.05) is 17.7 Å². The summed E-state index contributed by atoms with van der Waals surface area (Å²) in [6.07, 6.45) is 1.22. The Morgan fingerprint density at radius 2 is 1.81 bits per heavy atom. The Labute approximate surface area is 187 Å². The van der Waals surface area contributed by atoms with E-state index in [9.17, 15) is 22.8 Å². The quantitative estimate of drug-likeness (QED) is 0.444. The van der Waals surface area contributed by atoms with Gasteiger partial charge in [0.05, 0.1) is 22.8 Å². The summed E-state index contributed by atoms with van der Waals surface area (Å²) in [5.41, 5.74) is 4.76. The van der Waals surface area contributed by atoms with Crippen molar-refractivity contribution in [1.82, 2.24) is 15.3 Å². The van der Waals surface area contributed by atoms with Gasteiger partial charge in [0.25, 0.3) is 11.8 Å². The van der Waals surface area contributed by atoms with Gasteiger partial charge in [-0.2, -0.15) is 0 Å². The molecule has 6 nitrogen and oxygen atoms in total. The Morgan fingerprint density at radius 3 is 2.47 bits per heavy atom. The van der Waals surface area contributed by atoms with Crippen LogP contribution in [-0.4, -0.2) is 21.8 Å². The number of pyridine rings is 1. The standard InChI is InChI=1S/C21H12ClF3N4O2S/c22-13-6-27-19(18-14(24)4-10(23)5-15(18)25)12-3-9(1-2-11(12)13)21(31)28-7-17-29-16(8-32-17)20(26)30/h1-6,8H,7H2,(H2,26,30)(H,28,31). The van der Waals surface area contributed by atoms with Crippen LogP contribution in [0.25, 0.3) is 22.0 Å². The van der Waals surface area contributed by atoms with Gasteiger partial charge in [0.2, 0.25) is 0 Å². The Balaban J connectivity index is 1.70. The van der Waals surface area contributed by atoms with Crippen LogP contribution in [0.4, 0.5) is 13.2 Å². The Bertz CT molecular complexity index is 1370. The molecule has 2 aromatic heterocycles. The van der Waals surface area contributed by atoms with Crippen LogP contribution in [0.3, 0.4) is 0 Å². The molecule has 32 heavy (non-hydrogen) atoms. The summed E-state index contributed by atoms with van der Waals surface area (Å²) in [4.78, 5) is 31.8. The van der Waals surface area contributed by atoms with Gasteiger partial charge in [-0.3, -0.25) is 14.6 Å². The molecular formula is C21H12ClF3N4O2S.